The molecular formula is C11H6N6O. The zero-order valence-electron chi connectivity index (χ0n) is 9.06. The van der Waals surface area contributed by atoms with Crippen molar-refractivity contribution >= 4 is 5.65 Å². The van der Waals surface area contributed by atoms with Crippen molar-refractivity contribution in [2.75, 3.05) is 0 Å². The van der Waals surface area contributed by atoms with Crippen LogP contribution in [0.1, 0.15) is 5.56 Å². The molecule has 0 saturated heterocycles. The van der Waals surface area contributed by atoms with E-state index < -0.39 is 0 Å². The summed E-state index contributed by atoms with van der Waals surface area (Å²) in [4.78, 5) is 0. The molecule has 7 nitrogen and oxygen atoms in total. The molecular weight excluding hydrogens is 232 g/mol. The van der Waals surface area contributed by atoms with Crippen LogP contribution < -0.4 is 4.74 Å². The lowest BCUT2D eigenvalue weighted by molar-refractivity contribution is 0.447. The highest BCUT2D eigenvalue weighted by Gasteiger charge is 2.03. The van der Waals surface area contributed by atoms with Crippen LogP contribution in [0.4, 0.5) is 0 Å². The molecule has 0 aliphatic heterocycles. The fourth-order valence-corrected chi connectivity index (χ4v) is 1.41. The van der Waals surface area contributed by atoms with Crippen molar-refractivity contribution < 1.29 is 4.74 Å². The summed E-state index contributed by atoms with van der Waals surface area (Å²) in [6, 6.07) is 12.1. The van der Waals surface area contributed by atoms with Crippen LogP contribution in [0.3, 0.4) is 0 Å². The fraction of sp³-hybridized carbons (Fsp3) is 0. The van der Waals surface area contributed by atoms with E-state index in [1.807, 2.05) is 6.07 Å². The number of tetrazole rings is 1. The summed E-state index contributed by atoms with van der Waals surface area (Å²) in [5.41, 5.74) is 1.12. The van der Waals surface area contributed by atoms with E-state index in [9.17, 15) is 0 Å². The number of hydrogen-bond donors (Lipinski definition) is 0. The van der Waals surface area contributed by atoms with E-state index in [1.165, 1.54) is 4.63 Å². The molecule has 0 amide bonds. The largest absolute Gasteiger partial charge is 0.438 e. The van der Waals surface area contributed by atoms with E-state index in [2.05, 4.69) is 20.6 Å². The Hall–Kier alpha value is -3.01. The fourth-order valence-electron chi connectivity index (χ4n) is 1.41. The topological polar surface area (TPSA) is 89.0 Å². The Labute approximate surface area is 101 Å². The Morgan fingerprint density at radius 1 is 1.11 bits per heavy atom. The summed E-state index contributed by atoms with van der Waals surface area (Å²) in [6.45, 7) is 0. The van der Waals surface area contributed by atoms with Crippen LogP contribution in [0.2, 0.25) is 0 Å². The molecule has 0 bridgehead atoms. The molecule has 0 fully saturated rings. The van der Waals surface area contributed by atoms with Crippen LogP contribution in [0, 0.1) is 11.3 Å². The normalized spacial score (nSPS) is 10.2. The summed E-state index contributed by atoms with van der Waals surface area (Å²) >= 11 is 0. The summed E-state index contributed by atoms with van der Waals surface area (Å²) in [6.07, 6.45) is 0. The molecule has 2 heterocycles. The second-order valence-electron chi connectivity index (χ2n) is 3.44. The number of nitrogens with zero attached hydrogens (tertiary/aromatic N) is 6. The predicted octanol–water partition coefficient (Wildman–Crippen LogP) is 1.18. The molecule has 0 unspecified atom stereocenters. The average Bonchev–Trinajstić information content (AvgIpc) is 2.87. The SMILES string of the molecule is N#Cc1ccc(Oc2ccc3nnnn3n2)cc1. The minimum atomic E-state index is 0.375. The van der Waals surface area contributed by atoms with Gasteiger partial charge in [0.25, 0.3) is 0 Å². The Balaban J connectivity index is 1.88. The zero-order chi connectivity index (χ0) is 12.4. The second-order valence-corrected chi connectivity index (χ2v) is 3.44. The van der Waals surface area contributed by atoms with Crippen molar-refractivity contribution in [3.63, 3.8) is 0 Å². The molecule has 3 aromatic rings. The zero-order valence-corrected chi connectivity index (χ0v) is 9.06. The van der Waals surface area contributed by atoms with Gasteiger partial charge >= 0.3 is 0 Å². The summed E-state index contributed by atoms with van der Waals surface area (Å²) in [5.74, 6) is 0.966. The van der Waals surface area contributed by atoms with Gasteiger partial charge in [0.2, 0.25) is 5.88 Å². The maximum Gasteiger partial charge on any atom is 0.239 e. The Kier molecular flexibility index (Phi) is 2.32. The van der Waals surface area contributed by atoms with Crippen LogP contribution >= 0.6 is 0 Å². The third kappa shape index (κ3) is 1.82. The summed E-state index contributed by atoms with van der Waals surface area (Å²) in [5, 5.41) is 23.6. The number of rotatable bonds is 2. The molecule has 7 heteroatoms. The number of nitriles is 1. The highest BCUT2D eigenvalue weighted by molar-refractivity contribution is 5.38. The molecule has 2 aromatic heterocycles. The van der Waals surface area contributed by atoms with Gasteiger partial charge in [0.1, 0.15) is 5.75 Å². The van der Waals surface area contributed by atoms with Crippen LogP contribution in [0.5, 0.6) is 11.6 Å². The first-order chi connectivity index (χ1) is 8.85. The van der Waals surface area contributed by atoms with Gasteiger partial charge in [-0.2, -0.15) is 5.26 Å². The van der Waals surface area contributed by atoms with E-state index in [0.29, 0.717) is 22.8 Å². The van der Waals surface area contributed by atoms with Gasteiger partial charge in [0.05, 0.1) is 11.6 Å². The quantitative estimate of drug-likeness (QED) is 0.666. The summed E-state index contributed by atoms with van der Waals surface area (Å²) < 4.78 is 6.80. The third-order valence-corrected chi connectivity index (χ3v) is 2.25. The van der Waals surface area contributed by atoms with Crippen molar-refractivity contribution in [2.45, 2.75) is 0 Å². The van der Waals surface area contributed by atoms with Gasteiger partial charge < -0.3 is 4.74 Å². The highest BCUT2D eigenvalue weighted by atomic mass is 16.5. The van der Waals surface area contributed by atoms with Gasteiger partial charge in [0, 0.05) is 6.07 Å². The van der Waals surface area contributed by atoms with E-state index in [0.717, 1.165) is 0 Å². The van der Waals surface area contributed by atoms with Gasteiger partial charge in [-0.15, -0.1) is 14.8 Å². The lowest BCUT2D eigenvalue weighted by Gasteiger charge is -2.03. The standard InChI is InChI=1S/C11H6N6O/c12-7-8-1-3-9(4-2-8)18-11-6-5-10-13-15-16-17(10)14-11/h1-6H. The Morgan fingerprint density at radius 3 is 2.72 bits per heavy atom. The van der Waals surface area contributed by atoms with Gasteiger partial charge in [-0.25, -0.2) is 0 Å². The van der Waals surface area contributed by atoms with Gasteiger partial charge in [-0.05, 0) is 40.8 Å². The lowest BCUT2D eigenvalue weighted by atomic mass is 10.2. The number of aromatic nitrogens is 5. The van der Waals surface area contributed by atoms with Crippen molar-refractivity contribution in [3.05, 3.63) is 42.0 Å². The molecule has 0 radical (unpaired) electrons. The van der Waals surface area contributed by atoms with E-state index in [-0.39, 0.29) is 0 Å². The molecule has 0 saturated carbocycles. The van der Waals surface area contributed by atoms with Crippen molar-refractivity contribution in [1.82, 2.24) is 25.3 Å². The maximum atomic E-state index is 8.68. The molecule has 3 rings (SSSR count). The van der Waals surface area contributed by atoms with Crippen LogP contribution in [0.15, 0.2) is 36.4 Å². The van der Waals surface area contributed by atoms with Gasteiger partial charge in [-0.1, -0.05) is 0 Å². The monoisotopic (exact) mass is 238 g/mol. The molecule has 0 spiro atoms. The van der Waals surface area contributed by atoms with Crippen LogP contribution in [-0.2, 0) is 0 Å². The second kappa shape index (κ2) is 4.10. The molecule has 0 aliphatic rings. The molecule has 0 N–H and O–H groups in total. The van der Waals surface area contributed by atoms with Crippen LogP contribution in [0.25, 0.3) is 5.65 Å². The first kappa shape index (κ1) is 10.2. The van der Waals surface area contributed by atoms with E-state index in [4.69, 9.17) is 10.00 Å². The minimum Gasteiger partial charge on any atom is -0.438 e. The number of benzene rings is 1. The van der Waals surface area contributed by atoms with Gasteiger partial charge in [-0.3, -0.25) is 0 Å². The lowest BCUT2D eigenvalue weighted by Crippen LogP contribution is -1.97. The molecule has 0 atom stereocenters. The number of ether oxygens (including phenoxy) is 1. The molecule has 86 valence electrons. The number of fused-ring (bicyclic) bond motifs is 1. The first-order valence-electron chi connectivity index (χ1n) is 5.08. The molecule has 0 aliphatic carbocycles. The van der Waals surface area contributed by atoms with Crippen molar-refractivity contribution in [1.29, 1.82) is 5.26 Å². The minimum absolute atomic E-state index is 0.375. The van der Waals surface area contributed by atoms with Gasteiger partial charge in [0.15, 0.2) is 5.65 Å². The smallest absolute Gasteiger partial charge is 0.239 e. The molecule has 18 heavy (non-hydrogen) atoms. The van der Waals surface area contributed by atoms with E-state index >= 15 is 0 Å². The van der Waals surface area contributed by atoms with Crippen LogP contribution in [-0.4, -0.2) is 25.3 Å². The van der Waals surface area contributed by atoms with Crippen molar-refractivity contribution in [2.24, 2.45) is 0 Å². The van der Waals surface area contributed by atoms with E-state index in [1.54, 1.807) is 36.4 Å². The maximum absolute atomic E-state index is 8.68. The Bertz CT molecular complexity index is 727. The average molecular weight is 238 g/mol. The molecule has 1 aromatic carbocycles. The first-order valence-corrected chi connectivity index (χ1v) is 5.08. The van der Waals surface area contributed by atoms with Crippen molar-refractivity contribution in [3.8, 4) is 17.7 Å². The number of hydrogen-bond acceptors (Lipinski definition) is 6. The summed E-state index contributed by atoms with van der Waals surface area (Å²) in [7, 11) is 0. The highest BCUT2D eigenvalue weighted by Crippen LogP contribution is 2.19. The Morgan fingerprint density at radius 2 is 1.94 bits per heavy atom. The predicted molar refractivity (Wildman–Crippen MR) is 59.8 cm³/mol. The third-order valence-electron chi connectivity index (χ3n) is 2.25.